The zero-order valence-corrected chi connectivity index (χ0v) is 14.2. The van der Waals surface area contributed by atoms with E-state index in [0.29, 0.717) is 18.6 Å². The monoisotopic (exact) mass is 356 g/mol. The summed E-state index contributed by atoms with van der Waals surface area (Å²) < 4.78 is 39.3. The van der Waals surface area contributed by atoms with Crippen molar-refractivity contribution in [3.05, 3.63) is 41.3 Å². The maximum absolute atomic E-state index is 12.3. The van der Waals surface area contributed by atoms with Crippen molar-refractivity contribution in [2.75, 3.05) is 7.11 Å². The fourth-order valence-electron chi connectivity index (χ4n) is 3.00. The molecule has 0 radical (unpaired) electrons. The maximum atomic E-state index is 12.3. The van der Waals surface area contributed by atoms with E-state index in [0.717, 1.165) is 30.2 Å². The highest BCUT2D eigenvalue weighted by Crippen LogP contribution is 2.36. The Morgan fingerprint density at radius 2 is 1.96 bits per heavy atom. The molecular formula is C18H22F2O5. The molecular weight excluding hydrogens is 334 g/mol. The van der Waals surface area contributed by atoms with Crippen LogP contribution in [0.1, 0.15) is 42.7 Å². The maximum Gasteiger partial charge on any atom is 0.375 e. The fourth-order valence-corrected chi connectivity index (χ4v) is 3.00. The molecule has 1 aliphatic carbocycles. The zero-order chi connectivity index (χ0) is 18.4. The molecule has 5 nitrogen and oxygen atoms in total. The standard InChI is InChI=1S/C18H22F2O5/c1-11-3-4-13(9-15(11)25-16(10-23-2)17(21)22)12-5-7-14(8-6-12)24-18(19)20/h3-4,9-10,12,14,18H,5-8H2,1-2H3,(H,21,22)/b16-10-. The summed E-state index contributed by atoms with van der Waals surface area (Å²) in [5.74, 6) is -0.887. The predicted octanol–water partition coefficient (Wildman–Crippen LogP) is 4.21. The van der Waals surface area contributed by atoms with Gasteiger partial charge in [-0.3, -0.25) is 0 Å². The van der Waals surface area contributed by atoms with Crippen molar-refractivity contribution in [1.29, 1.82) is 0 Å². The number of methoxy groups -OCH3 is 1. The van der Waals surface area contributed by atoms with Crippen molar-refractivity contribution >= 4 is 5.97 Å². The van der Waals surface area contributed by atoms with Gasteiger partial charge in [0.2, 0.25) is 5.76 Å². The third-order valence-corrected chi connectivity index (χ3v) is 4.31. The zero-order valence-electron chi connectivity index (χ0n) is 14.2. The second-order valence-electron chi connectivity index (χ2n) is 6.02. The van der Waals surface area contributed by atoms with Crippen LogP contribution in [0, 0.1) is 6.92 Å². The van der Waals surface area contributed by atoms with E-state index in [-0.39, 0.29) is 11.7 Å². The minimum absolute atomic E-state index is 0.208. The molecule has 0 heterocycles. The average Bonchev–Trinajstić information content (AvgIpc) is 2.56. The Kier molecular flexibility index (Phi) is 6.75. The van der Waals surface area contributed by atoms with Gasteiger partial charge < -0.3 is 19.3 Å². The van der Waals surface area contributed by atoms with Crippen LogP contribution in [0.25, 0.3) is 0 Å². The number of carboxylic acids is 1. The SMILES string of the molecule is CO/C=C(\Oc1cc(C2CCC(OC(F)F)CC2)ccc1C)C(=O)O. The second-order valence-corrected chi connectivity index (χ2v) is 6.02. The van der Waals surface area contributed by atoms with Gasteiger partial charge >= 0.3 is 12.6 Å². The number of aryl methyl sites for hydroxylation is 1. The smallest absolute Gasteiger partial charge is 0.375 e. The Bertz CT molecular complexity index is 622. The molecule has 1 N–H and O–H groups in total. The van der Waals surface area contributed by atoms with Gasteiger partial charge in [-0.15, -0.1) is 0 Å². The van der Waals surface area contributed by atoms with Crippen molar-refractivity contribution in [2.45, 2.75) is 51.2 Å². The quantitative estimate of drug-likeness (QED) is 0.586. The summed E-state index contributed by atoms with van der Waals surface area (Å²) in [4.78, 5) is 11.2. The first-order chi connectivity index (χ1) is 11.9. The van der Waals surface area contributed by atoms with E-state index >= 15 is 0 Å². The van der Waals surface area contributed by atoms with Gasteiger partial charge in [-0.25, -0.2) is 4.79 Å². The lowest BCUT2D eigenvalue weighted by Gasteiger charge is -2.28. The molecule has 0 atom stereocenters. The predicted molar refractivity (Wildman–Crippen MR) is 86.6 cm³/mol. The first-order valence-electron chi connectivity index (χ1n) is 8.09. The average molecular weight is 356 g/mol. The number of benzene rings is 1. The molecule has 2 rings (SSSR count). The lowest BCUT2D eigenvalue weighted by Crippen LogP contribution is -2.22. The van der Waals surface area contributed by atoms with Crippen molar-refractivity contribution in [3.63, 3.8) is 0 Å². The number of halogens is 2. The Balaban J connectivity index is 2.09. The summed E-state index contributed by atoms with van der Waals surface area (Å²) in [5, 5.41) is 9.13. The summed E-state index contributed by atoms with van der Waals surface area (Å²) in [6.45, 7) is -0.915. The highest BCUT2D eigenvalue weighted by Gasteiger charge is 2.25. The van der Waals surface area contributed by atoms with E-state index in [1.807, 2.05) is 19.1 Å². The molecule has 25 heavy (non-hydrogen) atoms. The van der Waals surface area contributed by atoms with E-state index in [1.54, 1.807) is 6.07 Å². The molecule has 1 aromatic carbocycles. The molecule has 0 aliphatic heterocycles. The van der Waals surface area contributed by atoms with E-state index in [1.165, 1.54) is 7.11 Å². The van der Waals surface area contributed by atoms with Crippen LogP contribution in [0.2, 0.25) is 0 Å². The third kappa shape index (κ3) is 5.42. The van der Waals surface area contributed by atoms with Crippen molar-refractivity contribution in [2.24, 2.45) is 0 Å². The molecule has 0 unspecified atom stereocenters. The first kappa shape index (κ1) is 19.2. The number of rotatable bonds is 7. The Morgan fingerprint density at radius 1 is 1.28 bits per heavy atom. The van der Waals surface area contributed by atoms with Crippen molar-refractivity contribution in [3.8, 4) is 5.75 Å². The Morgan fingerprint density at radius 3 is 2.52 bits per heavy atom. The number of aliphatic carboxylic acids is 1. The fraction of sp³-hybridized carbons (Fsp3) is 0.500. The molecule has 1 aromatic rings. The first-order valence-corrected chi connectivity index (χ1v) is 8.09. The number of ether oxygens (including phenoxy) is 3. The van der Waals surface area contributed by atoms with Gasteiger partial charge in [0.1, 0.15) is 12.0 Å². The lowest BCUT2D eigenvalue weighted by molar-refractivity contribution is -0.170. The van der Waals surface area contributed by atoms with Crippen molar-refractivity contribution < 1.29 is 32.9 Å². The molecule has 0 spiro atoms. The van der Waals surface area contributed by atoms with E-state index < -0.39 is 18.7 Å². The lowest BCUT2D eigenvalue weighted by atomic mass is 9.82. The third-order valence-electron chi connectivity index (χ3n) is 4.31. The number of carboxylic acid groups (broad SMARTS) is 1. The van der Waals surface area contributed by atoms with Gasteiger partial charge in [0.05, 0.1) is 13.2 Å². The minimum Gasteiger partial charge on any atom is -0.500 e. The molecule has 0 saturated heterocycles. The minimum atomic E-state index is -2.73. The summed E-state index contributed by atoms with van der Waals surface area (Å²) in [7, 11) is 1.34. The summed E-state index contributed by atoms with van der Waals surface area (Å²) in [6.07, 6.45) is 3.24. The van der Waals surface area contributed by atoms with Crippen molar-refractivity contribution in [1.82, 2.24) is 0 Å². The highest BCUT2D eigenvalue weighted by atomic mass is 19.3. The molecule has 1 aliphatic rings. The van der Waals surface area contributed by atoms with Crippen LogP contribution in [0.15, 0.2) is 30.2 Å². The van der Waals surface area contributed by atoms with Crippen LogP contribution in [0.5, 0.6) is 5.75 Å². The molecule has 7 heteroatoms. The number of hydrogen-bond donors (Lipinski definition) is 1. The van der Waals surface area contributed by atoms with Crippen LogP contribution >= 0.6 is 0 Å². The molecule has 1 fully saturated rings. The van der Waals surface area contributed by atoms with E-state index in [9.17, 15) is 13.6 Å². The summed E-state index contributed by atoms with van der Waals surface area (Å²) >= 11 is 0. The second kappa shape index (κ2) is 8.80. The molecule has 0 aromatic heterocycles. The van der Waals surface area contributed by atoms with E-state index in [2.05, 4.69) is 4.74 Å². The van der Waals surface area contributed by atoms with Crippen LogP contribution in [-0.4, -0.2) is 30.9 Å². The Labute approximate surface area is 145 Å². The van der Waals surface area contributed by atoms with Gasteiger partial charge in [-0.1, -0.05) is 12.1 Å². The van der Waals surface area contributed by atoms with Crippen LogP contribution in [0.4, 0.5) is 8.78 Å². The van der Waals surface area contributed by atoms with Crippen LogP contribution in [-0.2, 0) is 14.3 Å². The molecule has 0 bridgehead atoms. The van der Waals surface area contributed by atoms with Crippen LogP contribution in [0.3, 0.4) is 0 Å². The molecule has 0 amide bonds. The Hall–Kier alpha value is -2.15. The summed E-state index contributed by atoms with van der Waals surface area (Å²) in [6, 6.07) is 5.63. The summed E-state index contributed by atoms with van der Waals surface area (Å²) in [5.41, 5.74) is 1.79. The van der Waals surface area contributed by atoms with Gasteiger partial charge in [-0.2, -0.15) is 8.78 Å². The topological polar surface area (TPSA) is 65.0 Å². The normalized spacial score (nSPS) is 21.2. The van der Waals surface area contributed by atoms with Gasteiger partial charge in [0.25, 0.3) is 0 Å². The van der Waals surface area contributed by atoms with Gasteiger partial charge in [0, 0.05) is 0 Å². The largest absolute Gasteiger partial charge is 0.500 e. The number of carbonyl (C=O) groups is 1. The molecule has 1 saturated carbocycles. The number of alkyl halides is 2. The number of hydrogen-bond acceptors (Lipinski definition) is 4. The van der Waals surface area contributed by atoms with Gasteiger partial charge in [-0.05, 0) is 55.7 Å². The van der Waals surface area contributed by atoms with Crippen LogP contribution < -0.4 is 4.74 Å². The highest BCUT2D eigenvalue weighted by molar-refractivity contribution is 5.84. The van der Waals surface area contributed by atoms with Gasteiger partial charge in [0.15, 0.2) is 0 Å². The molecule has 138 valence electrons. The van der Waals surface area contributed by atoms with E-state index in [4.69, 9.17) is 14.6 Å².